The molecule has 184 valence electrons. The van der Waals surface area contributed by atoms with E-state index >= 15 is 0 Å². The second-order valence-electron chi connectivity index (χ2n) is 9.32. The van der Waals surface area contributed by atoms with Crippen molar-refractivity contribution < 1.29 is 29.0 Å². The van der Waals surface area contributed by atoms with Crippen LogP contribution in [0.4, 0.5) is 9.59 Å². The molecule has 0 saturated carbocycles. The Hall–Kier alpha value is -2.81. The monoisotopic (exact) mass is 463 g/mol. The van der Waals surface area contributed by atoms with Gasteiger partial charge in [-0.1, -0.05) is 30.3 Å². The van der Waals surface area contributed by atoms with Crippen LogP contribution in [0, 0.1) is 0 Å². The summed E-state index contributed by atoms with van der Waals surface area (Å²) in [5, 5.41) is 15.1. The number of carbonyl (C=O) groups is 3. The van der Waals surface area contributed by atoms with Crippen molar-refractivity contribution in [2.75, 3.05) is 19.6 Å². The molecule has 1 saturated heterocycles. The predicted octanol–water partition coefficient (Wildman–Crippen LogP) is 3.53. The first-order chi connectivity index (χ1) is 15.6. The zero-order chi connectivity index (χ0) is 24.3. The maximum Gasteiger partial charge on any atom is 0.407 e. The van der Waals surface area contributed by atoms with E-state index in [-0.39, 0.29) is 12.6 Å². The lowest BCUT2D eigenvalue weighted by atomic mass is 10.1. The maximum atomic E-state index is 12.4. The number of rotatable bonds is 11. The number of likely N-dealkylation sites (tertiary alicyclic amines) is 1. The molecule has 0 unspecified atom stereocenters. The van der Waals surface area contributed by atoms with Gasteiger partial charge < -0.3 is 25.2 Å². The number of nitrogens with zero attached hydrogens (tertiary/aromatic N) is 1. The average molecular weight is 464 g/mol. The number of carboxylic acids is 1. The Balaban J connectivity index is 1.82. The van der Waals surface area contributed by atoms with Gasteiger partial charge in [0.15, 0.2) is 0 Å². The molecule has 9 nitrogen and oxygen atoms in total. The minimum absolute atomic E-state index is 0.167. The van der Waals surface area contributed by atoms with Crippen LogP contribution in [0.2, 0.25) is 0 Å². The molecule has 0 aliphatic carbocycles. The van der Waals surface area contributed by atoms with Gasteiger partial charge in [0.25, 0.3) is 0 Å². The molecular formula is C24H37N3O6. The molecule has 2 rings (SSSR count). The molecule has 0 aromatic heterocycles. The van der Waals surface area contributed by atoms with E-state index in [1.807, 2.05) is 56.0 Å². The van der Waals surface area contributed by atoms with Gasteiger partial charge in [-0.2, -0.15) is 0 Å². The molecule has 1 aliphatic rings. The highest BCUT2D eigenvalue weighted by Gasteiger charge is 2.32. The first kappa shape index (κ1) is 26.4. The fraction of sp³-hybridized carbons (Fsp3) is 0.625. The fourth-order valence-corrected chi connectivity index (χ4v) is 3.77. The Morgan fingerprint density at radius 2 is 1.88 bits per heavy atom. The number of ether oxygens (including phenoxy) is 2. The number of amides is 2. The van der Waals surface area contributed by atoms with Gasteiger partial charge >= 0.3 is 18.2 Å². The Kier molecular flexibility index (Phi) is 10.4. The Morgan fingerprint density at radius 3 is 2.55 bits per heavy atom. The maximum absolute atomic E-state index is 12.4. The third-order valence-electron chi connectivity index (χ3n) is 5.29. The summed E-state index contributed by atoms with van der Waals surface area (Å²) in [6, 6.07) is 8.63. The summed E-state index contributed by atoms with van der Waals surface area (Å²) < 4.78 is 10.6. The SMILES string of the molecule is CC(C)(C)OC(=O)NCCCC[C@@H](CN1CCC[C@@H]1C(=O)O)NC(=O)OCc1ccccc1. The second kappa shape index (κ2) is 13.0. The number of carboxylic acid groups (broad SMARTS) is 1. The van der Waals surface area contributed by atoms with E-state index in [2.05, 4.69) is 10.6 Å². The van der Waals surface area contributed by atoms with Crippen LogP contribution in [-0.2, 0) is 20.9 Å². The summed E-state index contributed by atoms with van der Waals surface area (Å²) in [7, 11) is 0. The summed E-state index contributed by atoms with van der Waals surface area (Å²) in [5.41, 5.74) is 0.346. The molecule has 1 aromatic carbocycles. The van der Waals surface area contributed by atoms with E-state index in [1.165, 1.54) is 0 Å². The minimum Gasteiger partial charge on any atom is -0.480 e. The van der Waals surface area contributed by atoms with Gasteiger partial charge in [0, 0.05) is 19.1 Å². The smallest absolute Gasteiger partial charge is 0.407 e. The highest BCUT2D eigenvalue weighted by Crippen LogP contribution is 2.19. The molecule has 3 N–H and O–H groups in total. The van der Waals surface area contributed by atoms with Crippen molar-refractivity contribution in [3.8, 4) is 0 Å². The van der Waals surface area contributed by atoms with E-state index in [4.69, 9.17) is 9.47 Å². The lowest BCUT2D eigenvalue weighted by Crippen LogP contribution is -2.47. The van der Waals surface area contributed by atoms with Gasteiger partial charge in [-0.25, -0.2) is 9.59 Å². The third-order valence-corrected chi connectivity index (χ3v) is 5.29. The van der Waals surface area contributed by atoms with Crippen LogP contribution in [0.1, 0.15) is 58.4 Å². The van der Waals surface area contributed by atoms with Crippen molar-refractivity contribution in [1.82, 2.24) is 15.5 Å². The van der Waals surface area contributed by atoms with E-state index in [0.29, 0.717) is 38.9 Å². The molecule has 1 heterocycles. The molecule has 1 fully saturated rings. The van der Waals surface area contributed by atoms with Gasteiger partial charge in [-0.3, -0.25) is 9.69 Å². The van der Waals surface area contributed by atoms with Crippen molar-refractivity contribution in [3.05, 3.63) is 35.9 Å². The van der Waals surface area contributed by atoms with E-state index in [0.717, 1.165) is 18.4 Å². The molecule has 1 aliphatic heterocycles. The van der Waals surface area contributed by atoms with Crippen LogP contribution >= 0.6 is 0 Å². The molecule has 2 atom stereocenters. The van der Waals surface area contributed by atoms with Crippen molar-refractivity contribution in [2.45, 2.75) is 77.2 Å². The normalized spacial score (nSPS) is 17.2. The van der Waals surface area contributed by atoms with Gasteiger partial charge in [0.2, 0.25) is 0 Å². The molecule has 9 heteroatoms. The summed E-state index contributed by atoms with van der Waals surface area (Å²) >= 11 is 0. The number of hydrogen-bond donors (Lipinski definition) is 3. The molecular weight excluding hydrogens is 426 g/mol. The standard InChI is InChI=1S/C24H37N3O6/c1-24(2,3)33-22(30)25-14-8-7-12-19(16-27-15-9-13-20(27)21(28)29)26-23(31)32-17-18-10-5-4-6-11-18/h4-6,10-11,19-20H,7-9,12-17H2,1-3H3,(H,25,30)(H,26,31)(H,28,29)/t19-,20+/m0/s1. The van der Waals surface area contributed by atoms with E-state index in [9.17, 15) is 19.5 Å². The van der Waals surface area contributed by atoms with Crippen LogP contribution in [0.5, 0.6) is 0 Å². The van der Waals surface area contributed by atoms with Crippen molar-refractivity contribution in [3.63, 3.8) is 0 Å². The lowest BCUT2D eigenvalue weighted by Gasteiger charge is -2.27. The van der Waals surface area contributed by atoms with Gasteiger partial charge in [0.05, 0.1) is 0 Å². The highest BCUT2D eigenvalue weighted by atomic mass is 16.6. The van der Waals surface area contributed by atoms with Gasteiger partial charge in [-0.05, 0) is 65.0 Å². The largest absolute Gasteiger partial charge is 0.480 e. The summed E-state index contributed by atoms with van der Waals surface area (Å²) in [5.74, 6) is -0.834. The summed E-state index contributed by atoms with van der Waals surface area (Å²) in [6.07, 6.45) is 2.54. The topological polar surface area (TPSA) is 117 Å². The predicted molar refractivity (Wildman–Crippen MR) is 124 cm³/mol. The molecule has 0 spiro atoms. The number of benzene rings is 1. The molecule has 2 amide bonds. The van der Waals surface area contributed by atoms with Gasteiger partial charge in [0.1, 0.15) is 18.2 Å². The molecule has 33 heavy (non-hydrogen) atoms. The van der Waals surface area contributed by atoms with Crippen LogP contribution in [0.15, 0.2) is 30.3 Å². The number of alkyl carbamates (subject to hydrolysis) is 2. The number of hydrogen-bond acceptors (Lipinski definition) is 6. The van der Waals surface area contributed by atoms with E-state index in [1.54, 1.807) is 0 Å². The molecule has 1 aromatic rings. The Bertz CT molecular complexity index is 765. The van der Waals surface area contributed by atoms with Gasteiger partial charge in [-0.15, -0.1) is 0 Å². The molecule has 0 bridgehead atoms. The highest BCUT2D eigenvalue weighted by molar-refractivity contribution is 5.73. The quantitative estimate of drug-likeness (QED) is 0.430. The van der Waals surface area contributed by atoms with Crippen LogP contribution in [0.25, 0.3) is 0 Å². The Morgan fingerprint density at radius 1 is 1.15 bits per heavy atom. The van der Waals surface area contributed by atoms with Crippen LogP contribution in [0.3, 0.4) is 0 Å². The zero-order valence-corrected chi connectivity index (χ0v) is 19.8. The third kappa shape index (κ3) is 10.6. The van der Waals surface area contributed by atoms with Crippen LogP contribution in [-0.4, -0.2) is 65.5 Å². The number of nitrogens with one attached hydrogen (secondary N) is 2. The Labute approximate surface area is 195 Å². The second-order valence-corrected chi connectivity index (χ2v) is 9.32. The number of aliphatic carboxylic acids is 1. The van der Waals surface area contributed by atoms with Crippen molar-refractivity contribution in [2.24, 2.45) is 0 Å². The first-order valence-corrected chi connectivity index (χ1v) is 11.5. The van der Waals surface area contributed by atoms with E-state index < -0.39 is 29.8 Å². The lowest BCUT2D eigenvalue weighted by molar-refractivity contribution is -0.142. The number of unbranched alkanes of at least 4 members (excludes halogenated alkanes) is 1. The minimum atomic E-state index is -0.834. The van der Waals surface area contributed by atoms with Crippen molar-refractivity contribution >= 4 is 18.2 Å². The van der Waals surface area contributed by atoms with Crippen LogP contribution < -0.4 is 10.6 Å². The summed E-state index contributed by atoms with van der Waals surface area (Å²) in [4.78, 5) is 37.6. The van der Waals surface area contributed by atoms with Crippen molar-refractivity contribution in [1.29, 1.82) is 0 Å². The number of carbonyl (C=O) groups excluding carboxylic acids is 2. The zero-order valence-electron chi connectivity index (χ0n) is 19.8. The summed E-state index contributed by atoms with van der Waals surface area (Å²) in [6.45, 7) is 7.18. The first-order valence-electron chi connectivity index (χ1n) is 11.5. The fourth-order valence-electron chi connectivity index (χ4n) is 3.77. The molecule has 0 radical (unpaired) electrons. The average Bonchev–Trinajstić information content (AvgIpc) is 3.20.